The minimum Gasteiger partial charge on any atom is -0.507 e. The Morgan fingerprint density at radius 3 is 2.39 bits per heavy atom. The van der Waals surface area contributed by atoms with E-state index >= 15 is 0 Å². The molecule has 7 heteroatoms. The lowest BCUT2D eigenvalue weighted by atomic mass is 9.99. The van der Waals surface area contributed by atoms with E-state index in [1.165, 1.54) is 35.2 Å². The highest BCUT2D eigenvalue weighted by Crippen LogP contribution is 2.27. The summed E-state index contributed by atoms with van der Waals surface area (Å²) in [6.45, 7) is 4.50. The van der Waals surface area contributed by atoms with Crippen molar-refractivity contribution in [1.29, 1.82) is 0 Å². The van der Waals surface area contributed by atoms with Crippen LogP contribution in [0, 0.1) is 5.92 Å². The monoisotopic (exact) mass is 422 g/mol. The van der Waals surface area contributed by atoms with E-state index < -0.39 is 17.7 Å². The molecule has 1 aliphatic rings. The van der Waals surface area contributed by atoms with Gasteiger partial charge < -0.3 is 5.11 Å². The highest BCUT2D eigenvalue weighted by Gasteiger charge is 2.37. The molecule has 0 spiro atoms. The van der Waals surface area contributed by atoms with Crippen molar-refractivity contribution < 1.29 is 24.3 Å². The van der Waals surface area contributed by atoms with E-state index in [2.05, 4.69) is 12.2 Å². The van der Waals surface area contributed by atoms with Crippen molar-refractivity contribution in [2.45, 2.75) is 39.5 Å². The zero-order valence-corrected chi connectivity index (χ0v) is 17.7. The molecule has 7 nitrogen and oxygen atoms in total. The molecular weight excluding hydrogens is 396 g/mol. The third-order valence-corrected chi connectivity index (χ3v) is 5.59. The molecule has 3 rings (SSSR count). The first-order valence-electron chi connectivity index (χ1n) is 10.5. The number of para-hydroxylation sites is 1. The fourth-order valence-corrected chi connectivity index (χ4v) is 3.68. The number of carbonyl (C=O) groups is 4. The third kappa shape index (κ3) is 4.66. The number of benzene rings is 2. The van der Waals surface area contributed by atoms with Gasteiger partial charge in [-0.1, -0.05) is 45.2 Å². The van der Waals surface area contributed by atoms with Gasteiger partial charge >= 0.3 is 0 Å². The van der Waals surface area contributed by atoms with Gasteiger partial charge in [0.2, 0.25) is 0 Å². The molecule has 1 aliphatic heterocycles. The molecule has 1 atom stereocenters. The Kier molecular flexibility index (Phi) is 6.84. The zero-order valence-electron chi connectivity index (χ0n) is 17.7. The summed E-state index contributed by atoms with van der Waals surface area (Å²) in [5.74, 6) is -2.25. The summed E-state index contributed by atoms with van der Waals surface area (Å²) in [5.41, 5.74) is 0.479. The number of fused-ring (bicyclic) bond motifs is 1. The number of rotatable bonds is 8. The van der Waals surface area contributed by atoms with Crippen LogP contribution in [0.3, 0.4) is 0 Å². The summed E-state index contributed by atoms with van der Waals surface area (Å²) < 4.78 is 0. The van der Waals surface area contributed by atoms with E-state index in [1.54, 1.807) is 12.1 Å². The molecule has 0 bridgehead atoms. The molecule has 0 saturated carbocycles. The average molecular weight is 422 g/mol. The smallest absolute Gasteiger partial charge is 0.261 e. The van der Waals surface area contributed by atoms with Crippen molar-refractivity contribution in [3.8, 4) is 5.75 Å². The molecule has 1 unspecified atom stereocenters. The molecular formula is C24H26N2O5. The highest BCUT2D eigenvalue weighted by atomic mass is 16.3. The third-order valence-electron chi connectivity index (χ3n) is 5.59. The van der Waals surface area contributed by atoms with Crippen molar-refractivity contribution in [2.75, 3.05) is 6.54 Å². The number of hydrogen-bond donors (Lipinski definition) is 2. The summed E-state index contributed by atoms with van der Waals surface area (Å²) in [7, 11) is 0. The fraction of sp³-hybridized carbons (Fsp3) is 0.333. The van der Waals surface area contributed by atoms with Crippen molar-refractivity contribution in [3.05, 3.63) is 64.7 Å². The van der Waals surface area contributed by atoms with Gasteiger partial charge in [0, 0.05) is 12.1 Å². The number of carbonyl (C=O) groups excluding carboxylic acids is 4. The number of amides is 4. The van der Waals surface area contributed by atoms with E-state index in [4.69, 9.17) is 0 Å². The zero-order chi connectivity index (χ0) is 22.5. The first-order chi connectivity index (χ1) is 14.9. The normalized spacial score (nSPS) is 13.8. The number of phenolic OH excluding ortho intramolecular Hbond substituents is 1. The maximum Gasteiger partial charge on any atom is 0.261 e. The number of hydrogen-bond acceptors (Lipinski definition) is 5. The standard InChI is InChI=1S/C24H26N2O5/c1-3-5-8-15(4-2)14-26-23(30)17-12-11-16(13-19(17)24(26)31)21(28)25-22(29)18-9-6-7-10-20(18)27/h6-7,9-13,15,27H,3-5,8,14H2,1-2H3,(H,25,28,29). The predicted molar refractivity (Wildman–Crippen MR) is 115 cm³/mol. The average Bonchev–Trinajstić information content (AvgIpc) is 3.00. The van der Waals surface area contributed by atoms with E-state index in [0.717, 1.165) is 25.7 Å². The highest BCUT2D eigenvalue weighted by molar-refractivity contribution is 6.22. The molecule has 0 fully saturated rings. The lowest BCUT2D eigenvalue weighted by Gasteiger charge is -2.21. The summed E-state index contributed by atoms with van der Waals surface area (Å²) in [4.78, 5) is 51.7. The molecule has 162 valence electrons. The second-order valence-electron chi connectivity index (χ2n) is 7.70. The fourth-order valence-electron chi connectivity index (χ4n) is 3.68. The minimum absolute atomic E-state index is 0.0351. The summed E-state index contributed by atoms with van der Waals surface area (Å²) in [5, 5.41) is 12.0. The number of nitrogens with zero attached hydrogens (tertiary/aromatic N) is 1. The lowest BCUT2D eigenvalue weighted by Crippen LogP contribution is -2.34. The van der Waals surface area contributed by atoms with Gasteiger partial charge in [-0.15, -0.1) is 0 Å². The molecule has 0 aromatic heterocycles. The van der Waals surface area contributed by atoms with Gasteiger partial charge in [0.25, 0.3) is 23.6 Å². The maximum absolute atomic E-state index is 12.9. The van der Waals surface area contributed by atoms with Crippen LogP contribution in [0.4, 0.5) is 0 Å². The van der Waals surface area contributed by atoms with Crippen molar-refractivity contribution in [3.63, 3.8) is 0 Å². The molecule has 1 heterocycles. The number of nitrogens with one attached hydrogen (secondary N) is 1. The van der Waals surface area contributed by atoms with Gasteiger partial charge in [0.1, 0.15) is 5.75 Å². The van der Waals surface area contributed by atoms with E-state index in [-0.39, 0.29) is 39.8 Å². The minimum atomic E-state index is -0.755. The van der Waals surface area contributed by atoms with Crippen LogP contribution in [-0.4, -0.2) is 40.2 Å². The topological polar surface area (TPSA) is 104 Å². The van der Waals surface area contributed by atoms with Gasteiger partial charge in [-0.3, -0.25) is 29.4 Å². The van der Waals surface area contributed by atoms with Crippen LogP contribution in [0.15, 0.2) is 42.5 Å². The van der Waals surface area contributed by atoms with Crippen LogP contribution in [0.25, 0.3) is 0 Å². The van der Waals surface area contributed by atoms with Crippen molar-refractivity contribution in [1.82, 2.24) is 10.2 Å². The van der Waals surface area contributed by atoms with Crippen LogP contribution in [0.2, 0.25) is 0 Å². The van der Waals surface area contributed by atoms with E-state index in [1.807, 2.05) is 6.92 Å². The Bertz CT molecular complexity index is 1030. The van der Waals surface area contributed by atoms with Crippen molar-refractivity contribution in [2.24, 2.45) is 5.92 Å². The SMILES string of the molecule is CCCCC(CC)CN1C(=O)c2ccc(C(=O)NC(=O)c3ccccc3O)cc2C1=O. The second kappa shape index (κ2) is 9.55. The number of unbranched alkanes of at least 4 members (excludes halogenated alkanes) is 1. The van der Waals surface area contributed by atoms with Crippen molar-refractivity contribution >= 4 is 23.6 Å². The molecule has 31 heavy (non-hydrogen) atoms. The predicted octanol–water partition coefficient (Wildman–Crippen LogP) is 3.77. The Morgan fingerprint density at radius 1 is 1.00 bits per heavy atom. The Balaban J connectivity index is 1.76. The van der Waals surface area contributed by atoms with E-state index in [0.29, 0.717) is 6.54 Å². The largest absolute Gasteiger partial charge is 0.507 e. The molecule has 2 aromatic rings. The van der Waals surface area contributed by atoms with Crippen LogP contribution in [0.1, 0.15) is 81.0 Å². The quantitative estimate of drug-likeness (QED) is 0.630. The van der Waals surface area contributed by atoms with Crippen LogP contribution in [0.5, 0.6) is 5.75 Å². The first kappa shape index (κ1) is 22.2. The van der Waals surface area contributed by atoms with E-state index in [9.17, 15) is 24.3 Å². The number of imide groups is 2. The molecule has 2 aromatic carbocycles. The lowest BCUT2D eigenvalue weighted by molar-refractivity contribution is 0.0623. The maximum atomic E-state index is 12.9. The second-order valence-corrected chi connectivity index (χ2v) is 7.70. The summed E-state index contributed by atoms with van der Waals surface area (Å²) in [6, 6.07) is 10.1. The molecule has 4 amide bonds. The van der Waals surface area contributed by atoms with Gasteiger partial charge in [0.05, 0.1) is 16.7 Å². The summed E-state index contributed by atoms with van der Waals surface area (Å²) >= 11 is 0. The molecule has 0 radical (unpaired) electrons. The molecule has 0 saturated heterocycles. The molecule has 0 aliphatic carbocycles. The molecule has 2 N–H and O–H groups in total. The van der Waals surface area contributed by atoms with Crippen LogP contribution >= 0.6 is 0 Å². The van der Waals surface area contributed by atoms with Gasteiger partial charge in [-0.25, -0.2) is 0 Å². The Hall–Kier alpha value is -3.48. The number of aromatic hydroxyl groups is 1. The van der Waals surface area contributed by atoms with Gasteiger partial charge in [0.15, 0.2) is 0 Å². The van der Waals surface area contributed by atoms with Gasteiger partial charge in [-0.05, 0) is 42.7 Å². The summed E-state index contributed by atoms with van der Waals surface area (Å²) in [6.07, 6.45) is 3.91. The van der Waals surface area contributed by atoms with Gasteiger partial charge in [-0.2, -0.15) is 0 Å². The van der Waals surface area contributed by atoms with Crippen LogP contribution < -0.4 is 5.32 Å². The Morgan fingerprint density at radius 2 is 1.71 bits per heavy atom. The van der Waals surface area contributed by atoms with Crippen LogP contribution in [-0.2, 0) is 0 Å². The number of phenols is 1. The first-order valence-corrected chi connectivity index (χ1v) is 10.5. The Labute approximate surface area is 181 Å².